The number of nitro benzene ring substituents is 1. The van der Waals surface area contributed by atoms with Crippen LogP contribution in [0.4, 0.5) is 10.8 Å². The third-order valence-electron chi connectivity index (χ3n) is 6.47. The van der Waals surface area contributed by atoms with Crippen LogP contribution >= 0.6 is 11.3 Å². The molecule has 7 nitrogen and oxygen atoms in total. The van der Waals surface area contributed by atoms with Crippen LogP contribution in [0.1, 0.15) is 38.5 Å². The molecule has 1 aromatic heterocycles. The average Bonchev–Trinajstić information content (AvgIpc) is 3.03. The number of phenolic OH excluding ortho intramolecular Hbond substituents is 2. The molecule has 27 heavy (non-hydrogen) atoms. The van der Waals surface area contributed by atoms with Crippen molar-refractivity contribution in [1.29, 1.82) is 0 Å². The highest BCUT2D eigenvalue weighted by Crippen LogP contribution is 2.57. The van der Waals surface area contributed by atoms with Gasteiger partial charge in [0.2, 0.25) is 5.75 Å². The number of nitrogens with one attached hydrogen (secondary N) is 1. The first-order chi connectivity index (χ1) is 12.9. The zero-order chi connectivity index (χ0) is 18.8. The number of hydrogen-bond acceptors (Lipinski definition) is 7. The first-order valence-corrected chi connectivity index (χ1v) is 10.2. The summed E-state index contributed by atoms with van der Waals surface area (Å²) in [6.45, 7) is 0. The van der Waals surface area contributed by atoms with Gasteiger partial charge >= 0.3 is 5.69 Å². The van der Waals surface area contributed by atoms with Gasteiger partial charge in [-0.3, -0.25) is 10.1 Å². The standard InChI is InChI=1S/C19H21N3O4S/c23-15-5-13(4-14(17(15)24)22(25)26)16-9-20-18(27-16)21-19-6-10-1-11(7-19)3-12(2-10)8-19/h4-5,9-12,23-24H,1-3,6-8H2,(H,20,21). The lowest BCUT2D eigenvalue weighted by molar-refractivity contribution is -0.385. The van der Waals surface area contributed by atoms with Crippen molar-refractivity contribution >= 4 is 22.2 Å². The first-order valence-electron chi connectivity index (χ1n) is 9.35. The molecule has 4 aliphatic rings. The lowest BCUT2D eigenvalue weighted by atomic mass is 9.53. The van der Waals surface area contributed by atoms with E-state index in [1.54, 1.807) is 6.20 Å². The molecule has 3 N–H and O–H groups in total. The molecule has 8 heteroatoms. The Kier molecular flexibility index (Phi) is 3.62. The third-order valence-corrected chi connectivity index (χ3v) is 7.43. The Balaban J connectivity index is 1.42. The number of phenols is 2. The molecule has 0 amide bonds. The van der Waals surface area contributed by atoms with Gasteiger partial charge in [-0.2, -0.15) is 0 Å². The third kappa shape index (κ3) is 2.82. The highest BCUT2D eigenvalue weighted by molar-refractivity contribution is 7.18. The van der Waals surface area contributed by atoms with Crippen LogP contribution in [-0.2, 0) is 0 Å². The lowest BCUT2D eigenvalue weighted by Crippen LogP contribution is -2.54. The second-order valence-electron chi connectivity index (χ2n) is 8.47. The van der Waals surface area contributed by atoms with E-state index in [-0.39, 0.29) is 5.54 Å². The van der Waals surface area contributed by atoms with Crippen LogP contribution in [0.15, 0.2) is 18.3 Å². The molecule has 2 aromatic rings. The number of anilines is 1. The smallest absolute Gasteiger partial charge is 0.315 e. The fraction of sp³-hybridized carbons (Fsp3) is 0.526. The highest BCUT2D eigenvalue weighted by Gasteiger charge is 2.51. The van der Waals surface area contributed by atoms with E-state index in [4.69, 9.17) is 0 Å². The number of aromatic nitrogens is 1. The number of benzene rings is 1. The summed E-state index contributed by atoms with van der Waals surface area (Å²) >= 11 is 1.43. The van der Waals surface area contributed by atoms with Crippen molar-refractivity contribution in [2.45, 2.75) is 44.1 Å². The molecule has 0 spiro atoms. The van der Waals surface area contributed by atoms with Gasteiger partial charge in [0, 0.05) is 23.4 Å². The minimum atomic E-state index is -0.708. The molecule has 6 rings (SSSR count). The number of hydrogen-bond donors (Lipinski definition) is 3. The second-order valence-corrected chi connectivity index (χ2v) is 9.50. The number of rotatable bonds is 4. The van der Waals surface area contributed by atoms with Crippen molar-refractivity contribution in [1.82, 2.24) is 4.98 Å². The molecule has 142 valence electrons. The van der Waals surface area contributed by atoms with Crippen molar-refractivity contribution in [3.05, 3.63) is 28.4 Å². The zero-order valence-electron chi connectivity index (χ0n) is 14.7. The summed E-state index contributed by atoms with van der Waals surface area (Å²) in [7, 11) is 0. The molecule has 4 bridgehead atoms. The summed E-state index contributed by atoms with van der Waals surface area (Å²) in [5.41, 5.74) is 0.120. The largest absolute Gasteiger partial charge is 0.504 e. The minimum absolute atomic E-state index is 0.146. The maximum atomic E-state index is 11.1. The predicted molar refractivity (Wildman–Crippen MR) is 102 cm³/mol. The Labute approximate surface area is 160 Å². The molecular weight excluding hydrogens is 366 g/mol. The van der Waals surface area contributed by atoms with E-state index in [9.17, 15) is 20.3 Å². The highest BCUT2D eigenvalue weighted by atomic mass is 32.1. The molecule has 4 fully saturated rings. The zero-order valence-corrected chi connectivity index (χ0v) is 15.5. The van der Waals surface area contributed by atoms with Crippen LogP contribution in [0.2, 0.25) is 0 Å². The van der Waals surface area contributed by atoms with E-state index in [1.807, 2.05) is 0 Å². The Morgan fingerprint density at radius 2 is 1.78 bits per heavy atom. The van der Waals surface area contributed by atoms with Crippen LogP contribution < -0.4 is 5.32 Å². The van der Waals surface area contributed by atoms with E-state index < -0.39 is 22.1 Å². The molecule has 1 heterocycles. The van der Waals surface area contributed by atoms with Gasteiger partial charge in [-0.05, 0) is 62.3 Å². The molecule has 0 atom stereocenters. The van der Waals surface area contributed by atoms with Crippen LogP contribution in [0.3, 0.4) is 0 Å². The summed E-state index contributed by atoms with van der Waals surface area (Å²) in [5, 5.41) is 35.1. The summed E-state index contributed by atoms with van der Waals surface area (Å²) in [6, 6.07) is 2.61. The van der Waals surface area contributed by atoms with E-state index >= 15 is 0 Å². The summed E-state index contributed by atoms with van der Waals surface area (Å²) in [6.07, 6.45) is 9.42. The van der Waals surface area contributed by atoms with E-state index in [0.29, 0.717) is 5.56 Å². The van der Waals surface area contributed by atoms with Crippen LogP contribution in [-0.4, -0.2) is 25.7 Å². The van der Waals surface area contributed by atoms with Crippen molar-refractivity contribution in [2.24, 2.45) is 17.8 Å². The maximum absolute atomic E-state index is 11.1. The number of nitro groups is 1. The lowest BCUT2D eigenvalue weighted by Gasteiger charge is -2.56. The number of aromatic hydroxyl groups is 2. The van der Waals surface area contributed by atoms with Crippen LogP contribution in [0, 0.1) is 27.9 Å². The van der Waals surface area contributed by atoms with Gasteiger partial charge in [-0.1, -0.05) is 11.3 Å². The number of thiazole rings is 1. The normalized spacial score (nSPS) is 31.2. The van der Waals surface area contributed by atoms with E-state index in [2.05, 4.69) is 10.3 Å². The molecule has 0 aliphatic heterocycles. The second kappa shape index (κ2) is 5.82. The Morgan fingerprint density at radius 3 is 2.37 bits per heavy atom. The topological polar surface area (TPSA) is 109 Å². The van der Waals surface area contributed by atoms with Crippen LogP contribution in [0.25, 0.3) is 10.4 Å². The van der Waals surface area contributed by atoms with Crippen molar-refractivity contribution < 1.29 is 15.1 Å². The molecular formula is C19H21N3O4S. The maximum Gasteiger partial charge on any atom is 0.315 e. The summed E-state index contributed by atoms with van der Waals surface area (Å²) in [4.78, 5) is 15.6. The van der Waals surface area contributed by atoms with Gasteiger partial charge in [0.15, 0.2) is 10.9 Å². The van der Waals surface area contributed by atoms with Crippen molar-refractivity contribution in [3.8, 4) is 21.9 Å². The average molecular weight is 387 g/mol. The fourth-order valence-corrected chi connectivity index (χ4v) is 6.76. The molecule has 0 unspecified atom stereocenters. The Hall–Kier alpha value is -2.35. The van der Waals surface area contributed by atoms with Gasteiger partial charge < -0.3 is 15.5 Å². The van der Waals surface area contributed by atoms with Gasteiger partial charge in [-0.15, -0.1) is 0 Å². The van der Waals surface area contributed by atoms with E-state index in [0.717, 1.165) is 27.8 Å². The van der Waals surface area contributed by atoms with Crippen molar-refractivity contribution in [3.63, 3.8) is 0 Å². The van der Waals surface area contributed by atoms with Gasteiger partial charge in [0.05, 0.1) is 9.80 Å². The molecule has 0 saturated heterocycles. The quantitative estimate of drug-likeness (QED) is 0.405. The van der Waals surface area contributed by atoms with Gasteiger partial charge in [0.25, 0.3) is 0 Å². The monoisotopic (exact) mass is 387 g/mol. The van der Waals surface area contributed by atoms with E-state index in [1.165, 1.54) is 62.0 Å². The SMILES string of the molecule is O=[N+]([O-])c1cc(-c2cnc(NC34CC5CC(CC(C5)C3)C4)s2)cc(O)c1O. The summed E-state index contributed by atoms with van der Waals surface area (Å²) in [5.74, 6) is 1.29. The fourth-order valence-electron chi connectivity index (χ4n) is 5.84. The van der Waals surface area contributed by atoms with Gasteiger partial charge in [-0.25, -0.2) is 4.98 Å². The molecule has 4 aliphatic carbocycles. The Bertz CT molecular complexity index is 890. The summed E-state index contributed by atoms with van der Waals surface area (Å²) < 4.78 is 0. The molecule has 1 aromatic carbocycles. The van der Waals surface area contributed by atoms with Crippen LogP contribution in [0.5, 0.6) is 11.5 Å². The first kappa shape index (κ1) is 16.8. The number of nitrogens with zero attached hydrogens (tertiary/aromatic N) is 2. The molecule has 4 saturated carbocycles. The molecule has 0 radical (unpaired) electrons. The Morgan fingerprint density at radius 1 is 1.15 bits per heavy atom. The predicted octanol–water partition coefficient (Wildman–Crippen LogP) is 4.51. The minimum Gasteiger partial charge on any atom is -0.504 e. The van der Waals surface area contributed by atoms with Gasteiger partial charge in [0.1, 0.15) is 0 Å². The van der Waals surface area contributed by atoms with Crippen molar-refractivity contribution in [2.75, 3.05) is 5.32 Å².